The molecule has 0 saturated carbocycles. The monoisotopic (exact) mass is 494 g/mol. The zero-order valence-electron chi connectivity index (χ0n) is 17.5. The minimum absolute atomic E-state index is 0.181. The SMILES string of the molecule is O=C(Nc1ccccc1)c1cccc(Nc2nc(-c3ccccc3)c3cc(Br)ccc3n2)c1. The van der Waals surface area contributed by atoms with Crippen molar-refractivity contribution in [1.29, 1.82) is 0 Å². The Kier molecular flexibility index (Phi) is 5.83. The quantitative estimate of drug-likeness (QED) is 0.274. The molecule has 0 fully saturated rings. The van der Waals surface area contributed by atoms with Crippen LogP contribution < -0.4 is 10.6 Å². The minimum atomic E-state index is -0.181. The maximum atomic E-state index is 12.7. The third kappa shape index (κ3) is 4.76. The van der Waals surface area contributed by atoms with Crippen LogP contribution in [-0.4, -0.2) is 15.9 Å². The van der Waals surface area contributed by atoms with Gasteiger partial charge in [0.05, 0.1) is 11.2 Å². The molecular formula is C27H19BrN4O. The van der Waals surface area contributed by atoms with E-state index in [1.54, 1.807) is 12.1 Å². The van der Waals surface area contributed by atoms with E-state index in [9.17, 15) is 4.79 Å². The molecule has 0 atom stereocenters. The molecule has 33 heavy (non-hydrogen) atoms. The number of rotatable bonds is 5. The number of hydrogen-bond donors (Lipinski definition) is 2. The van der Waals surface area contributed by atoms with E-state index in [2.05, 4.69) is 26.6 Å². The van der Waals surface area contributed by atoms with Gasteiger partial charge >= 0.3 is 0 Å². The number of carbonyl (C=O) groups excluding carboxylic acids is 1. The Morgan fingerprint density at radius 3 is 2.24 bits per heavy atom. The predicted octanol–water partition coefficient (Wildman–Crippen LogP) is 7.06. The Hall–Kier alpha value is -4.03. The van der Waals surface area contributed by atoms with Crippen molar-refractivity contribution in [2.45, 2.75) is 0 Å². The fourth-order valence-corrected chi connectivity index (χ4v) is 3.93. The molecule has 1 aromatic heterocycles. The number of nitrogens with zero attached hydrogens (tertiary/aromatic N) is 2. The number of carbonyl (C=O) groups is 1. The summed E-state index contributed by atoms with van der Waals surface area (Å²) in [5.74, 6) is 0.281. The summed E-state index contributed by atoms with van der Waals surface area (Å²) in [7, 11) is 0. The molecule has 0 spiro atoms. The first-order valence-electron chi connectivity index (χ1n) is 10.4. The molecule has 1 amide bonds. The molecule has 4 aromatic carbocycles. The van der Waals surface area contributed by atoms with E-state index < -0.39 is 0 Å². The van der Waals surface area contributed by atoms with Crippen LogP contribution in [0, 0.1) is 0 Å². The number of fused-ring (bicyclic) bond motifs is 1. The van der Waals surface area contributed by atoms with E-state index in [4.69, 9.17) is 9.97 Å². The second kappa shape index (κ2) is 9.22. The Bertz CT molecular complexity index is 1440. The van der Waals surface area contributed by atoms with Crippen molar-refractivity contribution in [3.8, 4) is 11.3 Å². The zero-order valence-corrected chi connectivity index (χ0v) is 19.1. The first-order chi connectivity index (χ1) is 16.2. The van der Waals surface area contributed by atoms with Gasteiger partial charge in [0.1, 0.15) is 0 Å². The number of amides is 1. The molecule has 0 radical (unpaired) electrons. The van der Waals surface area contributed by atoms with Crippen LogP contribution in [0.1, 0.15) is 10.4 Å². The highest BCUT2D eigenvalue weighted by molar-refractivity contribution is 9.10. The summed E-state index contributed by atoms with van der Waals surface area (Å²) in [6, 6.07) is 32.6. The summed E-state index contributed by atoms with van der Waals surface area (Å²) in [5.41, 5.74) is 4.68. The van der Waals surface area contributed by atoms with Crippen LogP contribution in [0.5, 0.6) is 0 Å². The Labute approximate surface area is 199 Å². The smallest absolute Gasteiger partial charge is 0.255 e. The molecule has 0 saturated heterocycles. The fourth-order valence-electron chi connectivity index (χ4n) is 3.56. The summed E-state index contributed by atoms with van der Waals surface area (Å²) in [6.45, 7) is 0. The zero-order chi connectivity index (χ0) is 22.6. The molecule has 2 N–H and O–H groups in total. The van der Waals surface area contributed by atoms with Gasteiger partial charge in [0.25, 0.3) is 5.91 Å². The topological polar surface area (TPSA) is 66.9 Å². The molecule has 0 unspecified atom stereocenters. The van der Waals surface area contributed by atoms with Crippen molar-refractivity contribution in [2.75, 3.05) is 10.6 Å². The number of hydrogen-bond acceptors (Lipinski definition) is 4. The largest absolute Gasteiger partial charge is 0.324 e. The Balaban J connectivity index is 1.48. The third-order valence-electron chi connectivity index (χ3n) is 5.12. The van der Waals surface area contributed by atoms with Crippen LogP contribution in [0.4, 0.5) is 17.3 Å². The number of anilines is 3. The van der Waals surface area contributed by atoms with Gasteiger partial charge in [-0.05, 0) is 48.5 Å². The predicted molar refractivity (Wildman–Crippen MR) is 137 cm³/mol. The molecule has 5 aromatic rings. The van der Waals surface area contributed by atoms with E-state index in [-0.39, 0.29) is 5.91 Å². The van der Waals surface area contributed by atoms with E-state index >= 15 is 0 Å². The van der Waals surface area contributed by atoms with E-state index in [1.807, 2.05) is 91.0 Å². The standard InChI is InChI=1S/C27H19BrN4O/c28-20-14-15-24-23(17-20)25(18-8-3-1-4-9-18)32-27(31-24)30-22-13-7-10-19(16-22)26(33)29-21-11-5-2-6-12-21/h1-17H,(H,29,33)(H,30,31,32). The molecule has 0 aliphatic carbocycles. The summed E-state index contributed by atoms with van der Waals surface area (Å²) in [5, 5.41) is 7.13. The summed E-state index contributed by atoms with van der Waals surface area (Å²) >= 11 is 3.55. The van der Waals surface area contributed by atoms with E-state index in [1.165, 1.54) is 0 Å². The van der Waals surface area contributed by atoms with Crippen molar-refractivity contribution >= 4 is 50.1 Å². The average molecular weight is 495 g/mol. The second-order valence-electron chi connectivity index (χ2n) is 7.45. The molecule has 5 nitrogen and oxygen atoms in total. The van der Waals surface area contributed by atoms with Crippen molar-refractivity contribution in [1.82, 2.24) is 9.97 Å². The lowest BCUT2D eigenvalue weighted by atomic mass is 10.1. The lowest BCUT2D eigenvalue weighted by Gasteiger charge is -2.12. The number of para-hydroxylation sites is 1. The lowest BCUT2D eigenvalue weighted by Crippen LogP contribution is -2.12. The second-order valence-corrected chi connectivity index (χ2v) is 8.36. The van der Waals surface area contributed by atoms with Crippen LogP contribution >= 0.6 is 15.9 Å². The van der Waals surface area contributed by atoms with Crippen LogP contribution in [0.25, 0.3) is 22.2 Å². The fraction of sp³-hybridized carbons (Fsp3) is 0. The van der Waals surface area contributed by atoms with Crippen molar-refractivity contribution < 1.29 is 4.79 Å². The molecule has 5 rings (SSSR count). The first kappa shape index (κ1) is 20.8. The van der Waals surface area contributed by atoms with Gasteiger partial charge in [-0.1, -0.05) is 70.5 Å². The van der Waals surface area contributed by atoms with Crippen LogP contribution in [-0.2, 0) is 0 Å². The van der Waals surface area contributed by atoms with Crippen LogP contribution in [0.15, 0.2) is 108 Å². The highest BCUT2D eigenvalue weighted by Crippen LogP contribution is 2.30. The minimum Gasteiger partial charge on any atom is -0.324 e. The van der Waals surface area contributed by atoms with E-state index in [0.29, 0.717) is 11.5 Å². The van der Waals surface area contributed by atoms with Gasteiger partial charge in [0, 0.05) is 32.4 Å². The Morgan fingerprint density at radius 2 is 1.45 bits per heavy atom. The van der Waals surface area contributed by atoms with Gasteiger partial charge in [-0.2, -0.15) is 0 Å². The number of benzene rings is 4. The van der Waals surface area contributed by atoms with Gasteiger partial charge in [0.15, 0.2) is 0 Å². The van der Waals surface area contributed by atoms with Gasteiger partial charge in [0.2, 0.25) is 5.95 Å². The number of nitrogens with one attached hydrogen (secondary N) is 2. The highest BCUT2D eigenvalue weighted by Gasteiger charge is 2.12. The van der Waals surface area contributed by atoms with Crippen LogP contribution in [0.3, 0.4) is 0 Å². The van der Waals surface area contributed by atoms with Crippen molar-refractivity contribution in [3.63, 3.8) is 0 Å². The molecule has 0 aliphatic heterocycles. The van der Waals surface area contributed by atoms with Crippen LogP contribution in [0.2, 0.25) is 0 Å². The van der Waals surface area contributed by atoms with Gasteiger partial charge in [-0.15, -0.1) is 0 Å². The summed E-state index contributed by atoms with van der Waals surface area (Å²) in [4.78, 5) is 22.2. The molecule has 1 heterocycles. The van der Waals surface area contributed by atoms with Gasteiger partial charge < -0.3 is 10.6 Å². The van der Waals surface area contributed by atoms with Crippen molar-refractivity contribution in [2.24, 2.45) is 0 Å². The number of halogens is 1. The third-order valence-corrected chi connectivity index (χ3v) is 5.61. The molecule has 6 heteroatoms. The maximum Gasteiger partial charge on any atom is 0.255 e. The summed E-state index contributed by atoms with van der Waals surface area (Å²) < 4.78 is 0.966. The normalized spacial score (nSPS) is 10.7. The van der Waals surface area contributed by atoms with Gasteiger partial charge in [-0.25, -0.2) is 9.97 Å². The lowest BCUT2D eigenvalue weighted by molar-refractivity contribution is 0.102. The maximum absolute atomic E-state index is 12.7. The molecule has 160 valence electrons. The molecule has 0 aliphatic rings. The molecular weight excluding hydrogens is 476 g/mol. The average Bonchev–Trinajstić information content (AvgIpc) is 2.85. The number of aromatic nitrogens is 2. The molecule has 0 bridgehead atoms. The van der Waals surface area contributed by atoms with E-state index in [0.717, 1.165) is 38.0 Å². The summed E-state index contributed by atoms with van der Waals surface area (Å²) in [6.07, 6.45) is 0. The Morgan fingerprint density at radius 1 is 0.727 bits per heavy atom. The highest BCUT2D eigenvalue weighted by atomic mass is 79.9. The van der Waals surface area contributed by atoms with Crippen molar-refractivity contribution in [3.05, 3.63) is 113 Å². The van der Waals surface area contributed by atoms with Gasteiger partial charge in [-0.3, -0.25) is 4.79 Å². The first-order valence-corrected chi connectivity index (χ1v) is 11.2.